The Bertz CT molecular complexity index is 235. The number of nitrogens with two attached hydrogens (primary N) is 1. The lowest BCUT2D eigenvalue weighted by Gasteiger charge is -2.42. The zero-order valence-electron chi connectivity index (χ0n) is 11.1. The van der Waals surface area contributed by atoms with Crippen LogP contribution in [0.5, 0.6) is 0 Å². The normalized spacial score (nSPS) is 31.7. The Labute approximate surface area is 100.0 Å². The monoisotopic (exact) mass is 225 g/mol. The summed E-state index contributed by atoms with van der Waals surface area (Å²) in [4.78, 5) is 4.92. The molecule has 16 heavy (non-hydrogen) atoms. The van der Waals surface area contributed by atoms with Gasteiger partial charge in [0.25, 0.3) is 0 Å². The van der Waals surface area contributed by atoms with Gasteiger partial charge in [-0.15, -0.1) is 0 Å². The Morgan fingerprint density at radius 1 is 1.44 bits per heavy atom. The predicted molar refractivity (Wildman–Crippen MR) is 68.4 cm³/mol. The topological polar surface area (TPSA) is 32.5 Å². The molecule has 0 aromatic carbocycles. The zero-order valence-corrected chi connectivity index (χ0v) is 11.1. The van der Waals surface area contributed by atoms with Crippen LogP contribution in [0, 0.1) is 11.3 Å². The number of hydrogen-bond donors (Lipinski definition) is 1. The highest BCUT2D eigenvalue weighted by Gasteiger charge is 2.51. The Hall–Kier alpha value is -0.120. The van der Waals surface area contributed by atoms with E-state index in [0.717, 1.165) is 12.5 Å². The first kappa shape index (κ1) is 12.3. The molecule has 3 nitrogen and oxygen atoms in total. The molecular weight excluding hydrogens is 198 g/mol. The highest BCUT2D eigenvalue weighted by Crippen LogP contribution is 2.52. The Kier molecular flexibility index (Phi) is 3.57. The van der Waals surface area contributed by atoms with Crippen LogP contribution in [-0.2, 0) is 0 Å². The van der Waals surface area contributed by atoms with Crippen LogP contribution in [0.15, 0.2) is 0 Å². The fraction of sp³-hybridized carbons (Fsp3) is 1.00. The van der Waals surface area contributed by atoms with Gasteiger partial charge in [0.2, 0.25) is 0 Å². The molecule has 0 spiro atoms. The van der Waals surface area contributed by atoms with Crippen LogP contribution >= 0.6 is 0 Å². The molecule has 1 aliphatic carbocycles. The van der Waals surface area contributed by atoms with Gasteiger partial charge in [0.05, 0.1) is 0 Å². The van der Waals surface area contributed by atoms with Crippen LogP contribution in [0.4, 0.5) is 0 Å². The van der Waals surface area contributed by atoms with E-state index < -0.39 is 0 Å². The van der Waals surface area contributed by atoms with Gasteiger partial charge in [-0.2, -0.15) is 0 Å². The van der Waals surface area contributed by atoms with Gasteiger partial charge < -0.3 is 15.5 Å². The summed E-state index contributed by atoms with van der Waals surface area (Å²) in [7, 11) is 6.71. The van der Waals surface area contributed by atoms with Crippen molar-refractivity contribution in [3.05, 3.63) is 0 Å². The van der Waals surface area contributed by atoms with Gasteiger partial charge in [0, 0.05) is 12.6 Å². The summed E-state index contributed by atoms with van der Waals surface area (Å²) in [5.41, 5.74) is 6.46. The van der Waals surface area contributed by atoms with E-state index in [0.29, 0.717) is 11.5 Å². The molecule has 0 bridgehead atoms. The third-order valence-electron chi connectivity index (χ3n) is 4.59. The van der Waals surface area contributed by atoms with Crippen LogP contribution in [-0.4, -0.2) is 56.6 Å². The van der Waals surface area contributed by atoms with Gasteiger partial charge >= 0.3 is 0 Å². The molecule has 0 aromatic rings. The van der Waals surface area contributed by atoms with Crippen molar-refractivity contribution >= 4 is 0 Å². The van der Waals surface area contributed by atoms with E-state index in [1.807, 2.05) is 0 Å². The van der Waals surface area contributed by atoms with E-state index >= 15 is 0 Å². The Balaban J connectivity index is 2.07. The number of likely N-dealkylation sites (tertiary alicyclic amines) is 1. The summed E-state index contributed by atoms with van der Waals surface area (Å²) in [5.74, 6) is 0.819. The van der Waals surface area contributed by atoms with Crippen molar-refractivity contribution in [2.75, 3.05) is 40.8 Å². The summed E-state index contributed by atoms with van der Waals surface area (Å²) in [6.45, 7) is 3.40. The predicted octanol–water partition coefficient (Wildman–Crippen LogP) is 0.997. The van der Waals surface area contributed by atoms with Crippen LogP contribution in [0.25, 0.3) is 0 Å². The lowest BCUT2D eigenvalue weighted by Crippen LogP contribution is -2.50. The maximum atomic E-state index is 6.01. The highest BCUT2D eigenvalue weighted by molar-refractivity contribution is 5.06. The highest BCUT2D eigenvalue weighted by atomic mass is 15.2. The van der Waals surface area contributed by atoms with Crippen LogP contribution in [0.3, 0.4) is 0 Å². The molecule has 2 aliphatic rings. The minimum absolute atomic E-state index is 0.451. The molecular formula is C13H27N3. The molecule has 2 unspecified atom stereocenters. The summed E-state index contributed by atoms with van der Waals surface area (Å²) in [6, 6.07) is 0.695. The van der Waals surface area contributed by atoms with E-state index in [-0.39, 0.29) is 0 Å². The number of rotatable bonds is 4. The first-order valence-electron chi connectivity index (χ1n) is 6.64. The second kappa shape index (κ2) is 4.63. The molecule has 2 N–H and O–H groups in total. The van der Waals surface area contributed by atoms with Crippen LogP contribution in [0.2, 0.25) is 0 Å². The van der Waals surface area contributed by atoms with Crippen molar-refractivity contribution < 1.29 is 0 Å². The molecule has 2 rings (SSSR count). The summed E-state index contributed by atoms with van der Waals surface area (Å²) < 4.78 is 0. The number of nitrogens with zero attached hydrogens (tertiary/aromatic N) is 2. The summed E-state index contributed by atoms with van der Waals surface area (Å²) >= 11 is 0. The van der Waals surface area contributed by atoms with Gasteiger partial charge in [-0.25, -0.2) is 0 Å². The van der Waals surface area contributed by atoms with Crippen LogP contribution < -0.4 is 5.73 Å². The van der Waals surface area contributed by atoms with E-state index in [4.69, 9.17) is 5.73 Å². The van der Waals surface area contributed by atoms with E-state index in [1.165, 1.54) is 38.8 Å². The smallest absolute Gasteiger partial charge is 0.0198 e. The summed E-state index contributed by atoms with van der Waals surface area (Å²) in [5, 5.41) is 0. The fourth-order valence-electron chi connectivity index (χ4n) is 3.71. The molecule has 1 heterocycles. The standard InChI is InChI=1S/C13H27N3/c1-15(2)12(13(10-14)6-7-13)11-5-4-8-16(3)9-11/h11-12H,4-10,14H2,1-3H3. The average Bonchev–Trinajstić information content (AvgIpc) is 2.99. The lowest BCUT2D eigenvalue weighted by atomic mass is 9.80. The van der Waals surface area contributed by atoms with Crippen molar-refractivity contribution in [3.63, 3.8) is 0 Å². The molecule has 2 fully saturated rings. The number of hydrogen-bond acceptors (Lipinski definition) is 3. The third-order valence-corrected chi connectivity index (χ3v) is 4.59. The average molecular weight is 225 g/mol. The van der Waals surface area contributed by atoms with Gasteiger partial charge in [0.15, 0.2) is 0 Å². The van der Waals surface area contributed by atoms with Crippen molar-refractivity contribution in [2.24, 2.45) is 17.1 Å². The molecule has 2 atom stereocenters. The van der Waals surface area contributed by atoms with Crippen LogP contribution in [0.1, 0.15) is 25.7 Å². The maximum Gasteiger partial charge on any atom is 0.0198 e. The van der Waals surface area contributed by atoms with Crippen molar-refractivity contribution in [1.29, 1.82) is 0 Å². The maximum absolute atomic E-state index is 6.01. The van der Waals surface area contributed by atoms with Crippen molar-refractivity contribution in [2.45, 2.75) is 31.7 Å². The molecule has 3 heteroatoms. The van der Waals surface area contributed by atoms with Crippen molar-refractivity contribution in [1.82, 2.24) is 9.80 Å². The van der Waals surface area contributed by atoms with Gasteiger partial charge in [-0.3, -0.25) is 0 Å². The van der Waals surface area contributed by atoms with Gasteiger partial charge in [-0.1, -0.05) is 0 Å². The van der Waals surface area contributed by atoms with Crippen molar-refractivity contribution in [3.8, 4) is 0 Å². The molecule has 1 saturated carbocycles. The van der Waals surface area contributed by atoms with Gasteiger partial charge in [0.1, 0.15) is 0 Å². The quantitative estimate of drug-likeness (QED) is 0.775. The SMILES string of the molecule is CN1CCCC(C(N(C)C)C2(CN)CC2)C1. The molecule has 1 aliphatic heterocycles. The molecule has 0 amide bonds. The fourth-order valence-corrected chi connectivity index (χ4v) is 3.71. The first-order valence-corrected chi connectivity index (χ1v) is 6.64. The van der Waals surface area contributed by atoms with E-state index in [2.05, 4.69) is 30.9 Å². The Morgan fingerprint density at radius 3 is 2.56 bits per heavy atom. The summed E-state index contributed by atoms with van der Waals surface area (Å²) in [6.07, 6.45) is 5.42. The second-order valence-corrected chi connectivity index (χ2v) is 6.14. The minimum Gasteiger partial charge on any atom is -0.330 e. The minimum atomic E-state index is 0.451. The molecule has 1 saturated heterocycles. The van der Waals surface area contributed by atoms with Gasteiger partial charge in [-0.05, 0) is 71.2 Å². The van der Waals surface area contributed by atoms with E-state index in [1.54, 1.807) is 0 Å². The molecule has 94 valence electrons. The third kappa shape index (κ3) is 2.27. The Morgan fingerprint density at radius 2 is 2.12 bits per heavy atom. The first-order chi connectivity index (χ1) is 7.59. The zero-order chi connectivity index (χ0) is 11.8. The lowest BCUT2D eigenvalue weighted by molar-refractivity contribution is 0.0748. The molecule has 0 aromatic heterocycles. The molecule has 0 radical (unpaired) electrons. The largest absolute Gasteiger partial charge is 0.330 e. The van der Waals surface area contributed by atoms with E-state index in [9.17, 15) is 0 Å². The second-order valence-electron chi connectivity index (χ2n) is 6.14. The number of piperidine rings is 1.